The van der Waals surface area contributed by atoms with E-state index in [0.29, 0.717) is 11.3 Å². The van der Waals surface area contributed by atoms with E-state index < -0.39 is 0 Å². The van der Waals surface area contributed by atoms with Gasteiger partial charge in [0.1, 0.15) is 5.01 Å². The number of benzene rings is 1. The van der Waals surface area contributed by atoms with E-state index in [9.17, 15) is 4.79 Å². The molecular weight excluding hydrogens is 384 g/mol. The molecular formula is C22H30N4O2S. The maximum atomic E-state index is 12.8. The number of nitrogens with zero attached hydrogens (tertiary/aromatic N) is 3. The number of rotatable bonds is 3. The summed E-state index contributed by atoms with van der Waals surface area (Å²) in [7, 11) is 0. The Morgan fingerprint density at radius 3 is 2.90 bits per heavy atom. The molecule has 0 radical (unpaired) electrons. The average Bonchev–Trinajstić information content (AvgIpc) is 3.32. The van der Waals surface area contributed by atoms with Gasteiger partial charge >= 0.3 is 6.03 Å². The van der Waals surface area contributed by atoms with Crippen LogP contribution < -0.4 is 10.1 Å². The molecule has 1 unspecified atom stereocenters. The highest BCUT2D eigenvalue weighted by Gasteiger charge is 2.24. The van der Waals surface area contributed by atoms with Crippen LogP contribution in [0.25, 0.3) is 0 Å². The molecule has 1 N–H and O–H groups in total. The van der Waals surface area contributed by atoms with Gasteiger partial charge in [-0.1, -0.05) is 56.4 Å². The summed E-state index contributed by atoms with van der Waals surface area (Å²) < 4.78 is 7.63. The van der Waals surface area contributed by atoms with Crippen molar-refractivity contribution in [1.29, 1.82) is 0 Å². The Balaban J connectivity index is 1.58. The van der Waals surface area contributed by atoms with Crippen molar-refractivity contribution in [3.63, 3.8) is 0 Å². The van der Waals surface area contributed by atoms with Crippen molar-refractivity contribution in [3.05, 3.63) is 45.2 Å². The summed E-state index contributed by atoms with van der Waals surface area (Å²) in [5.41, 5.74) is 2.45. The molecule has 1 aromatic carbocycles. The van der Waals surface area contributed by atoms with Crippen molar-refractivity contribution >= 4 is 17.4 Å². The van der Waals surface area contributed by atoms with E-state index in [1.807, 2.05) is 10.7 Å². The minimum absolute atomic E-state index is 0.0258. The van der Waals surface area contributed by atoms with Gasteiger partial charge in [0.05, 0.1) is 18.7 Å². The first kappa shape index (κ1) is 20.3. The maximum Gasteiger partial charge on any atom is 0.344 e. The molecule has 156 valence electrons. The minimum atomic E-state index is -0.295. The first-order valence-electron chi connectivity index (χ1n) is 10.5. The molecule has 4 rings (SSSR count). The van der Waals surface area contributed by atoms with Crippen molar-refractivity contribution < 1.29 is 9.53 Å². The van der Waals surface area contributed by atoms with E-state index >= 15 is 0 Å². The van der Waals surface area contributed by atoms with Gasteiger partial charge < -0.3 is 10.1 Å². The zero-order valence-electron chi connectivity index (χ0n) is 17.5. The molecule has 2 amide bonds. The summed E-state index contributed by atoms with van der Waals surface area (Å²) in [6.45, 7) is 7.83. The molecule has 29 heavy (non-hydrogen) atoms. The molecule has 6 nitrogen and oxygen atoms in total. The number of nitrogens with one attached hydrogen (secondary N) is 1. The first-order valence-corrected chi connectivity index (χ1v) is 11.3. The Bertz CT molecular complexity index is 935. The number of carbonyl (C=O) groups is 1. The topological polar surface area (TPSA) is 68.5 Å². The van der Waals surface area contributed by atoms with Crippen LogP contribution in [0, 0.1) is 0 Å². The number of ether oxygens (including phenoxy) is 1. The highest BCUT2D eigenvalue weighted by atomic mass is 32.1. The van der Waals surface area contributed by atoms with Crippen molar-refractivity contribution in [2.24, 2.45) is 4.99 Å². The second-order valence-corrected chi connectivity index (χ2v) is 9.92. The number of carbonyl (C=O) groups excluding carboxylic acids is 1. The third-order valence-corrected chi connectivity index (χ3v) is 6.90. The Kier molecular flexibility index (Phi) is 5.88. The smallest absolute Gasteiger partial charge is 0.344 e. The Labute approximate surface area is 176 Å². The standard InChI is InChI=1S/C22H30N4O2S/c1-22(2,3)19-25-26(14-16-10-7-13-28-16)21(29-19)24-20(27)23-18-12-6-9-15-8-4-5-11-17(15)18/h4-5,8,11,16,18H,6-7,9-10,12-14H2,1-3H3,(H,23,27)/b24-21-/t16-,18?/m1/s1. The highest BCUT2D eigenvalue weighted by Crippen LogP contribution is 2.29. The number of urea groups is 1. The number of fused-ring (bicyclic) bond motifs is 1. The SMILES string of the molecule is CC(C)(C)c1nn(C[C@H]2CCCO2)/c(=N/C(=O)NC2CCCc3ccccc32)s1. The number of aromatic nitrogens is 2. The summed E-state index contributed by atoms with van der Waals surface area (Å²) in [6.07, 6.45) is 5.36. The molecule has 2 aromatic rings. The lowest BCUT2D eigenvalue weighted by Crippen LogP contribution is -2.31. The molecule has 0 saturated carbocycles. The quantitative estimate of drug-likeness (QED) is 0.822. The normalized spacial score (nSPS) is 22.5. The lowest BCUT2D eigenvalue weighted by Gasteiger charge is -2.25. The molecule has 2 heterocycles. The molecule has 1 fully saturated rings. The second-order valence-electron chi connectivity index (χ2n) is 8.96. The molecule has 7 heteroatoms. The third-order valence-electron chi connectivity index (χ3n) is 5.53. The summed E-state index contributed by atoms with van der Waals surface area (Å²) >= 11 is 1.49. The molecule has 1 aliphatic heterocycles. The van der Waals surface area contributed by atoms with Crippen LogP contribution in [-0.2, 0) is 23.1 Å². The summed E-state index contributed by atoms with van der Waals surface area (Å²) in [4.78, 5) is 17.9. The Morgan fingerprint density at radius 2 is 2.14 bits per heavy atom. The van der Waals surface area contributed by atoms with Crippen LogP contribution in [0.2, 0.25) is 0 Å². The van der Waals surface area contributed by atoms with Crippen LogP contribution in [0.4, 0.5) is 4.79 Å². The van der Waals surface area contributed by atoms with Gasteiger partial charge in [-0.25, -0.2) is 9.48 Å². The van der Waals surface area contributed by atoms with Gasteiger partial charge in [0, 0.05) is 12.0 Å². The zero-order chi connectivity index (χ0) is 20.4. The van der Waals surface area contributed by atoms with Gasteiger partial charge in [-0.15, -0.1) is 0 Å². The lowest BCUT2D eigenvalue weighted by molar-refractivity contribution is 0.0928. The number of hydrogen-bond acceptors (Lipinski definition) is 4. The molecule has 1 aliphatic carbocycles. The van der Waals surface area contributed by atoms with Gasteiger partial charge in [0.25, 0.3) is 0 Å². The van der Waals surface area contributed by atoms with Crippen molar-refractivity contribution in [2.75, 3.05) is 6.61 Å². The van der Waals surface area contributed by atoms with Gasteiger partial charge in [0.2, 0.25) is 4.80 Å². The molecule has 0 spiro atoms. The van der Waals surface area contributed by atoms with Gasteiger partial charge in [-0.2, -0.15) is 10.1 Å². The Hall–Kier alpha value is -1.99. The highest BCUT2D eigenvalue weighted by molar-refractivity contribution is 7.09. The van der Waals surface area contributed by atoms with Crippen LogP contribution in [0.3, 0.4) is 0 Å². The van der Waals surface area contributed by atoms with Crippen LogP contribution >= 0.6 is 11.3 Å². The number of aryl methyl sites for hydroxylation is 1. The summed E-state index contributed by atoms with van der Waals surface area (Å²) in [5.74, 6) is 0. The largest absolute Gasteiger partial charge is 0.376 e. The fourth-order valence-electron chi connectivity index (χ4n) is 3.97. The zero-order valence-corrected chi connectivity index (χ0v) is 18.3. The van der Waals surface area contributed by atoms with E-state index in [4.69, 9.17) is 9.84 Å². The molecule has 0 bridgehead atoms. The fraction of sp³-hybridized carbons (Fsp3) is 0.591. The predicted molar refractivity (Wildman–Crippen MR) is 114 cm³/mol. The Morgan fingerprint density at radius 1 is 1.31 bits per heavy atom. The first-order chi connectivity index (χ1) is 13.9. The van der Waals surface area contributed by atoms with Crippen LogP contribution in [0.15, 0.2) is 29.3 Å². The number of amides is 2. The number of hydrogen-bond donors (Lipinski definition) is 1. The van der Waals surface area contributed by atoms with Crippen molar-refractivity contribution in [3.8, 4) is 0 Å². The predicted octanol–water partition coefficient (Wildman–Crippen LogP) is 4.11. The monoisotopic (exact) mass is 414 g/mol. The van der Waals surface area contributed by atoms with Gasteiger partial charge in [0.15, 0.2) is 0 Å². The maximum absolute atomic E-state index is 12.8. The van der Waals surface area contributed by atoms with E-state index in [1.165, 1.54) is 22.5 Å². The van der Waals surface area contributed by atoms with Crippen LogP contribution in [-0.4, -0.2) is 28.5 Å². The summed E-state index contributed by atoms with van der Waals surface area (Å²) in [5, 5.41) is 8.86. The summed E-state index contributed by atoms with van der Waals surface area (Å²) in [6, 6.07) is 8.09. The second kappa shape index (κ2) is 8.40. The molecule has 2 aliphatic rings. The van der Waals surface area contributed by atoms with Gasteiger partial charge in [-0.05, 0) is 43.2 Å². The van der Waals surface area contributed by atoms with Crippen molar-refractivity contribution in [1.82, 2.24) is 15.1 Å². The van der Waals surface area contributed by atoms with Crippen LogP contribution in [0.5, 0.6) is 0 Å². The van der Waals surface area contributed by atoms with Crippen LogP contribution in [0.1, 0.15) is 68.6 Å². The van der Waals surface area contributed by atoms with Crippen molar-refractivity contribution in [2.45, 2.75) is 77.0 Å². The third kappa shape index (κ3) is 4.78. The average molecular weight is 415 g/mol. The van der Waals surface area contributed by atoms with E-state index in [1.54, 1.807) is 0 Å². The lowest BCUT2D eigenvalue weighted by atomic mass is 9.88. The minimum Gasteiger partial charge on any atom is -0.376 e. The van der Waals surface area contributed by atoms with E-state index in [-0.39, 0.29) is 23.6 Å². The molecule has 2 atom stereocenters. The molecule has 1 saturated heterocycles. The fourth-order valence-corrected chi connectivity index (χ4v) is 4.94. The molecule has 1 aromatic heterocycles. The van der Waals surface area contributed by atoms with E-state index in [2.05, 4.69) is 49.3 Å². The van der Waals surface area contributed by atoms with E-state index in [0.717, 1.165) is 43.7 Å². The van der Waals surface area contributed by atoms with Gasteiger partial charge in [-0.3, -0.25) is 0 Å².